The summed E-state index contributed by atoms with van der Waals surface area (Å²) in [5, 5.41) is 9.08. The van der Waals surface area contributed by atoms with Gasteiger partial charge in [-0.1, -0.05) is 31.6 Å². The predicted molar refractivity (Wildman–Crippen MR) is 61.6 cm³/mol. The van der Waals surface area contributed by atoms with Crippen molar-refractivity contribution in [3.63, 3.8) is 0 Å². The van der Waals surface area contributed by atoms with Crippen LogP contribution in [0.25, 0.3) is 0 Å². The van der Waals surface area contributed by atoms with Crippen LogP contribution in [0.5, 0.6) is 0 Å². The number of aliphatic hydroxyl groups is 1. The van der Waals surface area contributed by atoms with Crippen LogP contribution in [0, 0.1) is 11.5 Å². The predicted octanol–water partition coefficient (Wildman–Crippen LogP) is 2.41. The lowest BCUT2D eigenvalue weighted by Gasteiger charge is -2.20. The van der Waals surface area contributed by atoms with E-state index in [-0.39, 0.29) is 0 Å². The Morgan fingerprint density at radius 3 is 2.31 bits per heavy atom. The largest absolute Gasteiger partial charge is 0.384 e. The smallest absolute Gasteiger partial charge is 0.129 e. The zero-order valence-electron chi connectivity index (χ0n) is 8.69. The summed E-state index contributed by atoms with van der Waals surface area (Å²) in [7, 11) is -1.40. The van der Waals surface area contributed by atoms with Crippen molar-refractivity contribution < 1.29 is 5.11 Å². The Bertz CT molecular complexity index is 242. The van der Waals surface area contributed by atoms with E-state index in [4.69, 9.17) is 11.6 Å². The zero-order chi connectivity index (χ0) is 10.7. The van der Waals surface area contributed by atoms with E-state index < -0.39 is 19.1 Å². The molecule has 0 rings (SSSR count). The third-order valence-electron chi connectivity index (χ3n) is 1.50. The molecule has 0 aromatic heterocycles. The third kappa shape index (κ3) is 5.15. The maximum absolute atomic E-state index is 9.65. The Kier molecular flexibility index (Phi) is 4.24. The van der Waals surface area contributed by atoms with Gasteiger partial charge in [0.2, 0.25) is 0 Å². The molecule has 0 aromatic carbocycles. The molecule has 0 aliphatic heterocycles. The molecule has 0 aliphatic rings. The first-order valence-electron chi connectivity index (χ1n) is 4.22. The quantitative estimate of drug-likeness (QED) is 0.325. The van der Waals surface area contributed by atoms with Gasteiger partial charge in [0.15, 0.2) is 0 Å². The second kappa shape index (κ2) is 4.32. The van der Waals surface area contributed by atoms with Crippen molar-refractivity contribution in [3.05, 3.63) is 12.7 Å². The summed E-state index contributed by atoms with van der Waals surface area (Å²) in [5.74, 6) is 2.87. The van der Waals surface area contributed by atoms with Crippen LogP contribution in [-0.2, 0) is 0 Å². The van der Waals surface area contributed by atoms with Gasteiger partial charge in [0.05, 0.1) is 0 Å². The fourth-order valence-corrected chi connectivity index (χ4v) is 1.34. The lowest BCUT2D eigenvalue weighted by Crippen LogP contribution is -2.32. The second-order valence-corrected chi connectivity index (χ2v) is 9.50. The number of alkyl halides is 1. The highest BCUT2D eigenvalue weighted by Gasteiger charge is 2.25. The van der Waals surface area contributed by atoms with Crippen molar-refractivity contribution >= 4 is 19.7 Å². The van der Waals surface area contributed by atoms with Gasteiger partial charge in [-0.05, 0) is 6.92 Å². The fraction of sp³-hybridized carbons (Fsp3) is 0.600. The van der Waals surface area contributed by atoms with Gasteiger partial charge in [-0.3, -0.25) is 0 Å². The first kappa shape index (κ1) is 12.8. The number of halogens is 1. The van der Waals surface area contributed by atoms with Crippen molar-refractivity contribution in [2.75, 3.05) is 0 Å². The molecule has 0 aromatic rings. The number of hydrogen-bond acceptors (Lipinski definition) is 1. The average molecular weight is 217 g/mol. The average Bonchev–Trinajstić information content (AvgIpc) is 1.98. The van der Waals surface area contributed by atoms with Gasteiger partial charge in [-0.25, -0.2) is 0 Å². The Hall–Kier alpha value is -0.233. The van der Waals surface area contributed by atoms with E-state index in [0.29, 0.717) is 0 Å². The summed E-state index contributed by atoms with van der Waals surface area (Å²) in [6.07, 6.45) is 1.42. The molecule has 0 saturated carbocycles. The van der Waals surface area contributed by atoms with E-state index in [9.17, 15) is 5.11 Å². The number of rotatable bonds is 2. The maximum Gasteiger partial charge on any atom is 0.129 e. The minimum atomic E-state index is -1.40. The number of hydrogen-bond donors (Lipinski definition) is 1. The zero-order valence-corrected chi connectivity index (χ0v) is 10.4. The highest BCUT2D eigenvalue weighted by Crippen LogP contribution is 2.16. The molecule has 3 heteroatoms. The first-order valence-corrected chi connectivity index (χ1v) is 8.15. The molecule has 0 heterocycles. The second-order valence-electron chi connectivity index (χ2n) is 4.31. The van der Waals surface area contributed by atoms with Crippen LogP contribution in [0.2, 0.25) is 19.6 Å². The van der Waals surface area contributed by atoms with Crippen LogP contribution in [0.15, 0.2) is 12.7 Å². The summed E-state index contributed by atoms with van der Waals surface area (Å²) in [6.45, 7) is 11.5. The summed E-state index contributed by atoms with van der Waals surface area (Å²) >= 11 is 5.91. The molecule has 0 fully saturated rings. The molecule has 1 nitrogen and oxygen atoms in total. The molecule has 2 atom stereocenters. The highest BCUT2D eigenvalue weighted by molar-refractivity contribution is 6.83. The topological polar surface area (TPSA) is 20.2 Å². The Balaban J connectivity index is 4.53. The highest BCUT2D eigenvalue weighted by atomic mass is 35.5. The summed E-state index contributed by atoms with van der Waals surface area (Å²) in [6, 6.07) is 0. The van der Waals surface area contributed by atoms with E-state index in [1.807, 2.05) is 0 Å². The van der Waals surface area contributed by atoms with E-state index in [1.54, 1.807) is 6.92 Å². The van der Waals surface area contributed by atoms with Gasteiger partial charge in [0.1, 0.15) is 19.1 Å². The van der Waals surface area contributed by atoms with E-state index in [2.05, 4.69) is 37.7 Å². The molecule has 0 radical (unpaired) electrons. The van der Waals surface area contributed by atoms with Gasteiger partial charge < -0.3 is 5.11 Å². The Labute approximate surface area is 86.8 Å². The summed E-state index contributed by atoms with van der Waals surface area (Å²) in [5.41, 5.74) is 2.01. The van der Waals surface area contributed by atoms with Crippen LogP contribution in [0.1, 0.15) is 6.92 Å². The molecule has 74 valence electrons. The van der Waals surface area contributed by atoms with Gasteiger partial charge in [0.25, 0.3) is 0 Å². The summed E-state index contributed by atoms with van der Waals surface area (Å²) in [4.78, 5) is 0. The van der Waals surface area contributed by atoms with Gasteiger partial charge >= 0.3 is 0 Å². The van der Waals surface area contributed by atoms with Gasteiger partial charge in [-0.15, -0.1) is 23.7 Å². The molecule has 0 unspecified atom stereocenters. The van der Waals surface area contributed by atoms with Crippen molar-refractivity contribution in [1.29, 1.82) is 0 Å². The van der Waals surface area contributed by atoms with Crippen LogP contribution < -0.4 is 0 Å². The van der Waals surface area contributed by atoms with Gasteiger partial charge in [-0.2, -0.15) is 0 Å². The maximum atomic E-state index is 9.65. The first-order chi connectivity index (χ1) is 5.69. The summed E-state index contributed by atoms with van der Waals surface area (Å²) < 4.78 is 0. The normalized spacial score (nSPS) is 18.0. The molecule has 0 aliphatic carbocycles. The minimum Gasteiger partial charge on any atom is -0.384 e. The lowest BCUT2D eigenvalue weighted by atomic mass is 10.0. The van der Waals surface area contributed by atoms with Crippen molar-refractivity contribution in [1.82, 2.24) is 0 Å². The molecule has 0 spiro atoms. The Morgan fingerprint density at radius 2 is 2.00 bits per heavy atom. The monoisotopic (exact) mass is 216 g/mol. The van der Waals surface area contributed by atoms with Crippen molar-refractivity contribution in [3.8, 4) is 11.5 Å². The molecular weight excluding hydrogens is 200 g/mol. The molecule has 1 N–H and O–H groups in total. The third-order valence-corrected chi connectivity index (χ3v) is 2.95. The SMILES string of the molecule is C=C[C@@](C)(O)[C@H](Cl)C#C[Si](C)(C)C. The van der Waals surface area contributed by atoms with Crippen molar-refractivity contribution in [2.24, 2.45) is 0 Å². The van der Waals surface area contributed by atoms with Crippen LogP contribution >= 0.6 is 11.6 Å². The van der Waals surface area contributed by atoms with E-state index in [0.717, 1.165) is 0 Å². The van der Waals surface area contributed by atoms with Crippen molar-refractivity contribution in [2.45, 2.75) is 37.5 Å². The van der Waals surface area contributed by atoms with E-state index >= 15 is 0 Å². The van der Waals surface area contributed by atoms with Crippen LogP contribution in [0.3, 0.4) is 0 Å². The molecule has 0 saturated heterocycles. The molecule has 13 heavy (non-hydrogen) atoms. The van der Waals surface area contributed by atoms with E-state index in [1.165, 1.54) is 6.08 Å². The standard InChI is InChI=1S/C10H17ClOSi/c1-6-10(2,12)9(11)7-8-13(3,4)5/h6,9,12H,1H2,2-5H3/t9-,10-/m1/s1. The molecule has 0 amide bonds. The van der Waals surface area contributed by atoms with Gasteiger partial charge in [0, 0.05) is 0 Å². The minimum absolute atomic E-state index is 0.572. The van der Waals surface area contributed by atoms with Crippen LogP contribution in [-0.4, -0.2) is 24.2 Å². The van der Waals surface area contributed by atoms with Crippen LogP contribution in [0.4, 0.5) is 0 Å². The fourth-order valence-electron chi connectivity index (χ4n) is 0.529. The molecule has 0 bridgehead atoms. The molecular formula is C10H17ClOSi. The Morgan fingerprint density at radius 1 is 1.54 bits per heavy atom. The lowest BCUT2D eigenvalue weighted by molar-refractivity contribution is 0.121.